The van der Waals surface area contributed by atoms with E-state index in [4.69, 9.17) is 4.74 Å². The average Bonchev–Trinajstić information content (AvgIpc) is 2.70. The minimum Gasteiger partial charge on any atom is -0.463 e. The summed E-state index contributed by atoms with van der Waals surface area (Å²) in [5, 5.41) is 0. The average molecular weight is 219 g/mol. The minimum absolute atomic E-state index is 0.277. The van der Waals surface area contributed by atoms with Gasteiger partial charge in [0.15, 0.2) is 0 Å². The second-order valence-electron chi connectivity index (χ2n) is 3.97. The minimum atomic E-state index is -0.277. The first kappa shape index (κ1) is 11.0. The van der Waals surface area contributed by atoms with E-state index in [-0.39, 0.29) is 5.97 Å². The van der Waals surface area contributed by atoms with Gasteiger partial charge in [0.25, 0.3) is 0 Å². The first-order valence-electron chi connectivity index (χ1n) is 5.85. The van der Waals surface area contributed by atoms with E-state index >= 15 is 0 Å². The van der Waals surface area contributed by atoms with Crippen molar-refractivity contribution in [3.8, 4) is 0 Å². The summed E-state index contributed by atoms with van der Waals surface area (Å²) in [6.45, 7) is 2.23. The van der Waals surface area contributed by atoms with Gasteiger partial charge in [0.1, 0.15) is 0 Å². The molecular formula is C13H17NO2. The molecule has 0 spiro atoms. The highest BCUT2D eigenvalue weighted by Gasteiger charge is 2.12. The highest BCUT2D eigenvalue weighted by atomic mass is 16.5. The van der Waals surface area contributed by atoms with Crippen molar-refractivity contribution in [2.45, 2.75) is 32.6 Å². The zero-order valence-corrected chi connectivity index (χ0v) is 9.61. The lowest BCUT2D eigenvalue weighted by Gasteiger charge is -2.13. The Morgan fingerprint density at radius 1 is 1.50 bits per heavy atom. The highest BCUT2D eigenvalue weighted by Crippen LogP contribution is 2.22. The van der Waals surface area contributed by atoms with E-state index in [0.717, 1.165) is 12.8 Å². The molecular weight excluding hydrogens is 202 g/mol. The lowest BCUT2D eigenvalue weighted by molar-refractivity contribution is -0.137. The summed E-state index contributed by atoms with van der Waals surface area (Å²) in [5.74, 6) is -0.277. The molecule has 0 N–H and O–H groups in total. The number of carbonyl (C=O) groups excluding carboxylic acids is 1. The number of aromatic nitrogens is 1. The third-order valence-corrected chi connectivity index (χ3v) is 2.89. The van der Waals surface area contributed by atoms with E-state index in [1.54, 1.807) is 6.20 Å². The van der Waals surface area contributed by atoms with Crippen molar-refractivity contribution in [2.75, 3.05) is 6.61 Å². The number of hydrogen-bond acceptors (Lipinski definition) is 2. The van der Waals surface area contributed by atoms with Crippen molar-refractivity contribution in [1.82, 2.24) is 4.57 Å². The van der Waals surface area contributed by atoms with Crippen molar-refractivity contribution in [3.05, 3.63) is 29.6 Å². The molecule has 86 valence electrons. The molecule has 0 aliphatic heterocycles. The van der Waals surface area contributed by atoms with Crippen LogP contribution in [0.15, 0.2) is 18.3 Å². The molecule has 0 saturated heterocycles. The fraction of sp³-hybridized carbons (Fsp3) is 0.462. The molecule has 0 radical (unpaired) electrons. The molecule has 16 heavy (non-hydrogen) atoms. The van der Waals surface area contributed by atoms with Crippen LogP contribution >= 0.6 is 0 Å². The Bertz CT molecular complexity index is 404. The number of carbonyl (C=O) groups is 1. The standard InChI is InChI=1S/C13H17NO2/c1-2-16-13(15)8-10-14-9-7-11-5-3-4-6-12(11)14/h7-10H,2-6H2,1H3/b10-8+. The number of aryl methyl sites for hydroxylation is 1. The molecule has 0 saturated carbocycles. The first-order chi connectivity index (χ1) is 7.81. The third kappa shape index (κ3) is 2.35. The van der Waals surface area contributed by atoms with Gasteiger partial charge in [-0.15, -0.1) is 0 Å². The normalized spacial score (nSPS) is 15.1. The molecule has 3 nitrogen and oxygen atoms in total. The molecule has 2 rings (SSSR count). The van der Waals surface area contributed by atoms with Crippen molar-refractivity contribution in [2.24, 2.45) is 0 Å². The first-order valence-corrected chi connectivity index (χ1v) is 5.85. The van der Waals surface area contributed by atoms with Gasteiger partial charge in [-0.3, -0.25) is 0 Å². The molecule has 0 bridgehead atoms. The molecule has 1 heterocycles. The van der Waals surface area contributed by atoms with Crippen molar-refractivity contribution < 1.29 is 9.53 Å². The van der Waals surface area contributed by atoms with Crippen LogP contribution in [0.4, 0.5) is 0 Å². The topological polar surface area (TPSA) is 31.2 Å². The molecule has 1 aliphatic carbocycles. The van der Waals surface area contributed by atoms with E-state index in [1.165, 1.54) is 30.2 Å². The smallest absolute Gasteiger partial charge is 0.332 e. The summed E-state index contributed by atoms with van der Waals surface area (Å²) in [7, 11) is 0. The van der Waals surface area contributed by atoms with Gasteiger partial charge in [-0.1, -0.05) is 0 Å². The Hall–Kier alpha value is -1.51. The Morgan fingerprint density at radius 2 is 2.31 bits per heavy atom. The maximum absolute atomic E-state index is 11.2. The SMILES string of the molecule is CCOC(=O)/C=C/n1ccc2c1CCCC2. The second kappa shape index (κ2) is 5.01. The molecule has 0 fully saturated rings. The largest absolute Gasteiger partial charge is 0.463 e. The monoisotopic (exact) mass is 219 g/mol. The number of rotatable bonds is 3. The van der Waals surface area contributed by atoms with E-state index in [1.807, 2.05) is 17.7 Å². The number of ether oxygens (including phenoxy) is 1. The molecule has 1 aromatic rings. The van der Waals surface area contributed by atoms with Crippen LogP contribution in [0, 0.1) is 0 Å². The summed E-state index contributed by atoms with van der Waals surface area (Å²) in [4.78, 5) is 11.2. The van der Waals surface area contributed by atoms with E-state index in [0.29, 0.717) is 6.61 Å². The summed E-state index contributed by atoms with van der Waals surface area (Å²) in [6.07, 6.45) is 10.1. The van der Waals surface area contributed by atoms with Gasteiger partial charge >= 0.3 is 5.97 Å². The lowest BCUT2D eigenvalue weighted by Crippen LogP contribution is -2.05. The number of esters is 1. The Balaban J connectivity index is 2.10. The summed E-state index contributed by atoms with van der Waals surface area (Å²) < 4.78 is 6.88. The summed E-state index contributed by atoms with van der Waals surface area (Å²) in [6, 6.07) is 2.14. The maximum Gasteiger partial charge on any atom is 0.332 e. The third-order valence-electron chi connectivity index (χ3n) is 2.89. The van der Waals surface area contributed by atoms with Crippen LogP contribution in [0.2, 0.25) is 0 Å². The Kier molecular flexibility index (Phi) is 3.44. The van der Waals surface area contributed by atoms with Gasteiger partial charge in [-0.2, -0.15) is 0 Å². The van der Waals surface area contributed by atoms with Crippen LogP contribution in [0.1, 0.15) is 31.0 Å². The van der Waals surface area contributed by atoms with Crippen LogP contribution in [0.3, 0.4) is 0 Å². The van der Waals surface area contributed by atoms with Gasteiger partial charge in [-0.05, 0) is 44.2 Å². The number of hydrogen-bond donors (Lipinski definition) is 0. The quantitative estimate of drug-likeness (QED) is 0.577. The second-order valence-corrected chi connectivity index (χ2v) is 3.97. The fourth-order valence-electron chi connectivity index (χ4n) is 2.12. The molecule has 0 amide bonds. The molecule has 1 aliphatic rings. The van der Waals surface area contributed by atoms with Crippen LogP contribution in [-0.4, -0.2) is 17.1 Å². The summed E-state index contributed by atoms with van der Waals surface area (Å²) in [5.41, 5.74) is 2.76. The van der Waals surface area contributed by atoms with Crippen molar-refractivity contribution in [3.63, 3.8) is 0 Å². The predicted octanol–water partition coefficient (Wildman–Crippen LogP) is 2.40. The predicted molar refractivity (Wildman–Crippen MR) is 63.0 cm³/mol. The van der Waals surface area contributed by atoms with Gasteiger partial charge in [0.05, 0.1) is 6.61 Å². The summed E-state index contributed by atoms with van der Waals surface area (Å²) >= 11 is 0. The van der Waals surface area contributed by atoms with Crippen LogP contribution < -0.4 is 0 Å². The van der Waals surface area contributed by atoms with Crippen molar-refractivity contribution in [1.29, 1.82) is 0 Å². The molecule has 0 unspecified atom stereocenters. The van der Waals surface area contributed by atoms with E-state index < -0.39 is 0 Å². The highest BCUT2D eigenvalue weighted by molar-refractivity contribution is 5.85. The van der Waals surface area contributed by atoms with Crippen LogP contribution in [0.5, 0.6) is 0 Å². The molecule has 0 aromatic carbocycles. The van der Waals surface area contributed by atoms with Gasteiger partial charge in [0, 0.05) is 24.2 Å². The van der Waals surface area contributed by atoms with Crippen molar-refractivity contribution >= 4 is 12.2 Å². The number of fused-ring (bicyclic) bond motifs is 1. The Morgan fingerprint density at radius 3 is 3.12 bits per heavy atom. The fourth-order valence-corrected chi connectivity index (χ4v) is 2.12. The number of nitrogens with zero attached hydrogens (tertiary/aromatic N) is 1. The van der Waals surface area contributed by atoms with E-state index in [2.05, 4.69) is 6.07 Å². The zero-order chi connectivity index (χ0) is 11.4. The molecule has 0 atom stereocenters. The van der Waals surface area contributed by atoms with E-state index in [9.17, 15) is 4.79 Å². The van der Waals surface area contributed by atoms with Crippen LogP contribution in [0.25, 0.3) is 6.20 Å². The van der Waals surface area contributed by atoms with Gasteiger partial charge < -0.3 is 9.30 Å². The van der Waals surface area contributed by atoms with Gasteiger partial charge in [0.2, 0.25) is 0 Å². The lowest BCUT2D eigenvalue weighted by atomic mass is 9.98. The zero-order valence-electron chi connectivity index (χ0n) is 9.61. The van der Waals surface area contributed by atoms with Gasteiger partial charge in [-0.25, -0.2) is 4.79 Å². The molecule has 1 aromatic heterocycles. The maximum atomic E-state index is 11.2. The van der Waals surface area contributed by atoms with Crippen LogP contribution in [-0.2, 0) is 22.4 Å². The Labute approximate surface area is 95.7 Å². The molecule has 3 heteroatoms.